The van der Waals surface area contributed by atoms with Gasteiger partial charge in [0.15, 0.2) is 12.4 Å². The van der Waals surface area contributed by atoms with Crippen LogP contribution in [0.15, 0.2) is 28.8 Å². The zero-order valence-corrected chi connectivity index (χ0v) is 13.9. The van der Waals surface area contributed by atoms with Gasteiger partial charge in [-0.2, -0.15) is 4.98 Å². The van der Waals surface area contributed by atoms with Crippen molar-refractivity contribution in [1.29, 1.82) is 0 Å². The number of carbonyl (C=O) groups excluding carboxylic acids is 1. The molecule has 0 radical (unpaired) electrons. The van der Waals surface area contributed by atoms with E-state index >= 15 is 0 Å². The molecule has 0 N–H and O–H groups in total. The molecule has 132 valence electrons. The molecule has 1 saturated heterocycles. The second kappa shape index (κ2) is 6.82. The molecule has 1 unspecified atom stereocenters. The minimum absolute atomic E-state index is 0.118. The SMILES string of the molecule is O=C(C1CCC1)N1CCC(c2noc(COc3ccc(F)cc3)n2)C1. The lowest BCUT2D eigenvalue weighted by Gasteiger charge is -2.29. The first kappa shape index (κ1) is 16.1. The van der Waals surface area contributed by atoms with E-state index in [0.717, 1.165) is 32.2 Å². The van der Waals surface area contributed by atoms with Gasteiger partial charge in [0, 0.05) is 24.9 Å². The normalized spacial score (nSPS) is 20.5. The number of hydrogen-bond donors (Lipinski definition) is 0. The van der Waals surface area contributed by atoms with E-state index in [-0.39, 0.29) is 30.2 Å². The Hall–Kier alpha value is -2.44. The molecule has 6 nitrogen and oxygen atoms in total. The highest BCUT2D eigenvalue weighted by atomic mass is 19.1. The van der Waals surface area contributed by atoms with Gasteiger partial charge in [0.25, 0.3) is 5.89 Å². The van der Waals surface area contributed by atoms with Gasteiger partial charge >= 0.3 is 0 Å². The molecule has 2 fully saturated rings. The number of aromatic nitrogens is 2. The zero-order valence-electron chi connectivity index (χ0n) is 13.9. The predicted molar refractivity (Wildman–Crippen MR) is 86.3 cm³/mol. The Labute approximate surface area is 145 Å². The summed E-state index contributed by atoms with van der Waals surface area (Å²) >= 11 is 0. The van der Waals surface area contributed by atoms with Crippen molar-refractivity contribution < 1.29 is 18.4 Å². The van der Waals surface area contributed by atoms with Crippen molar-refractivity contribution >= 4 is 5.91 Å². The summed E-state index contributed by atoms with van der Waals surface area (Å²) in [6.45, 7) is 1.55. The van der Waals surface area contributed by atoms with Gasteiger partial charge in [0.05, 0.1) is 0 Å². The third-order valence-electron chi connectivity index (χ3n) is 4.98. The van der Waals surface area contributed by atoms with Crippen LogP contribution in [0.4, 0.5) is 4.39 Å². The molecule has 7 heteroatoms. The monoisotopic (exact) mass is 345 g/mol. The number of benzene rings is 1. The maximum Gasteiger partial charge on any atom is 0.264 e. The van der Waals surface area contributed by atoms with Crippen molar-refractivity contribution in [2.45, 2.75) is 38.2 Å². The summed E-state index contributed by atoms with van der Waals surface area (Å²) in [6.07, 6.45) is 4.06. The summed E-state index contributed by atoms with van der Waals surface area (Å²) in [5.41, 5.74) is 0. The summed E-state index contributed by atoms with van der Waals surface area (Å²) in [5.74, 6) is 1.85. The molecule has 1 saturated carbocycles. The average molecular weight is 345 g/mol. The molecule has 1 amide bonds. The van der Waals surface area contributed by atoms with Gasteiger partial charge in [0.1, 0.15) is 11.6 Å². The minimum atomic E-state index is -0.310. The first-order valence-electron chi connectivity index (χ1n) is 8.68. The van der Waals surface area contributed by atoms with Crippen LogP contribution in [-0.4, -0.2) is 34.0 Å². The number of hydrogen-bond acceptors (Lipinski definition) is 5. The third kappa shape index (κ3) is 3.50. The molecule has 1 aliphatic heterocycles. The van der Waals surface area contributed by atoms with Gasteiger partial charge < -0.3 is 14.2 Å². The number of ether oxygens (including phenoxy) is 1. The van der Waals surface area contributed by atoms with E-state index in [2.05, 4.69) is 10.1 Å². The van der Waals surface area contributed by atoms with Crippen LogP contribution in [0.3, 0.4) is 0 Å². The lowest BCUT2D eigenvalue weighted by Crippen LogP contribution is -2.37. The van der Waals surface area contributed by atoms with Crippen LogP contribution in [0, 0.1) is 11.7 Å². The van der Waals surface area contributed by atoms with E-state index in [1.807, 2.05) is 4.90 Å². The summed E-state index contributed by atoms with van der Waals surface area (Å²) in [4.78, 5) is 18.6. The van der Waals surface area contributed by atoms with Gasteiger partial charge in [-0.05, 0) is 43.5 Å². The fraction of sp³-hybridized carbons (Fsp3) is 0.500. The van der Waals surface area contributed by atoms with Gasteiger partial charge in [-0.3, -0.25) is 4.79 Å². The molecule has 1 atom stereocenters. The maximum absolute atomic E-state index is 12.9. The Morgan fingerprint density at radius 1 is 1.28 bits per heavy atom. The summed E-state index contributed by atoms with van der Waals surface area (Å²) in [5, 5.41) is 4.03. The summed E-state index contributed by atoms with van der Waals surface area (Å²) in [7, 11) is 0. The molecular formula is C18H20FN3O3. The molecule has 2 aromatic rings. The lowest BCUT2D eigenvalue weighted by atomic mass is 9.84. The molecule has 2 heterocycles. The average Bonchev–Trinajstić information content (AvgIpc) is 3.22. The van der Waals surface area contributed by atoms with Crippen LogP contribution in [-0.2, 0) is 11.4 Å². The predicted octanol–water partition coefficient (Wildman–Crippen LogP) is 2.90. The molecule has 1 aliphatic carbocycles. The van der Waals surface area contributed by atoms with E-state index in [1.54, 1.807) is 12.1 Å². The molecule has 1 aromatic heterocycles. The third-order valence-corrected chi connectivity index (χ3v) is 4.98. The number of rotatable bonds is 5. The molecule has 25 heavy (non-hydrogen) atoms. The second-order valence-corrected chi connectivity index (χ2v) is 6.69. The molecule has 0 spiro atoms. The van der Waals surface area contributed by atoms with Gasteiger partial charge in [0.2, 0.25) is 5.91 Å². The van der Waals surface area contributed by atoms with Crippen molar-refractivity contribution in [2.75, 3.05) is 13.1 Å². The van der Waals surface area contributed by atoms with Crippen LogP contribution in [0.25, 0.3) is 0 Å². The first-order valence-corrected chi connectivity index (χ1v) is 8.68. The smallest absolute Gasteiger partial charge is 0.264 e. The maximum atomic E-state index is 12.9. The van der Waals surface area contributed by atoms with Crippen LogP contribution >= 0.6 is 0 Å². The first-order chi connectivity index (χ1) is 12.2. The summed E-state index contributed by atoms with van der Waals surface area (Å²) < 4.78 is 23.6. The Morgan fingerprint density at radius 2 is 2.08 bits per heavy atom. The van der Waals surface area contributed by atoms with E-state index in [4.69, 9.17) is 9.26 Å². The van der Waals surface area contributed by atoms with E-state index in [9.17, 15) is 9.18 Å². The van der Waals surface area contributed by atoms with E-state index in [1.165, 1.54) is 12.1 Å². The number of carbonyl (C=O) groups is 1. The van der Waals surface area contributed by atoms with Crippen molar-refractivity contribution in [2.24, 2.45) is 5.92 Å². The number of halogens is 1. The fourth-order valence-electron chi connectivity index (χ4n) is 3.25. The largest absolute Gasteiger partial charge is 0.484 e. The molecule has 2 aliphatic rings. The standard InChI is InChI=1S/C18H20FN3O3/c19-14-4-6-15(7-5-14)24-11-16-20-17(21-25-16)13-8-9-22(10-13)18(23)12-2-1-3-12/h4-7,12-13H,1-3,8-11H2. The van der Waals surface area contributed by atoms with E-state index in [0.29, 0.717) is 24.0 Å². The Balaban J connectivity index is 1.32. The lowest BCUT2D eigenvalue weighted by molar-refractivity contribution is -0.137. The van der Waals surface area contributed by atoms with E-state index < -0.39 is 0 Å². The second-order valence-electron chi connectivity index (χ2n) is 6.69. The van der Waals surface area contributed by atoms with Crippen LogP contribution in [0.1, 0.15) is 43.3 Å². The van der Waals surface area contributed by atoms with Gasteiger partial charge in [-0.15, -0.1) is 0 Å². The highest BCUT2D eigenvalue weighted by Gasteiger charge is 2.35. The Kier molecular flexibility index (Phi) is 4.38. The van der Waals surface area contributed by atoms with Gasteiger partial charge in [-0.25, -0.2) is 4.39 Å². The van der Waals surface area contributed by atoms with Crippen LogP contribution in [0.5, 0.6) is 5.75 Å². The number of amides is 1. The van der Waals surface area contributed by atoms with Crippen LogP contribution in [0.2, 0.25) is 0 Å². The molecular weight excluding hydrogens is 325 g/mol. The fourth-order valence-corrected chi connectivity index (χ4v) is 3.25. The van der Waals surface area contributed by atoms with Crippen molar-refractivity contribution in [3.63, 3.8) is 0 Å². The van der Waals surface area contributed by atoms with Gasteiger partial charge in [-0.1, -0.05) is 11.6 Å². The Morgan fingerprint density at radius 3 is 2.80 bits per heavy atom. The van der Waals surface area contributed by atoms with Crippen molar-refractivity contribution in [3.05, 3.63) is 41.8 Å². The highest BCUT2D eigenvalue weighted by Crippen LogP contribution is 2.32. The minimum Gasteiger partial charge on any atom is -0.484 e. The van der Waals surface area contributed by atoms with Crippen LogP contribution < -0.4 is 4.74 Å². The summed E-state index contributed by atoms with van der Waals surface area (Å²) in [6, 6.07) is 5.77. The molecule has 0 bridgehead atoms. The quantitative estimate of drug-likeness (QED) is 0.833. The Bertz CT molecular complexity index is 742. The highest BCUT2D eigenvalue weighted by molar-refractivity contribution is 5.79. The number of likely N-dealkylation sites (tertiary alicyclic amines) is 1. The topological polar surface area (TPSA) is 68.5 Å². The number of nitrogens with zero attached hydrogens (tertiary/aromatic N) is 3. The molecule has 4 rings (SSSR count). The molecule has 1 aromatic carbocycles. The zero-order chi connectivity index (χ0) is 17.2. The van der Waals surface area contributed by atoms with Crippen molar-refractivity contribution in [1.82, 2.24) is 15.0 Å². The van der Waals surface area contributed by atoms with Crippen molar-refractivity contribution in [3.8, 4) is 5.75 Å².